The van der Waals surface area contributed by atoms with E-state index in [1.807, 2.05) is 23.1 Å². The minimum Gasteiger partial charge on any atom is -0.408 e. The van der Waals surface area contributed by atoms with Crippen LogP contribution < -0.4 is 10.7 Å². The van der Waals surface area contributed by atoms with Gasteiger partial charge >= 0.3 is 5.76 Å². The van der Waals surface area contributed by atoms with Crippen LogP contribution in [-0.4, -0.2) is 42.0 Å². The third kappa shape index (κ3) is 3.00. The molecular formula is C16H21N3O3. The third-order valence-electron chi connectivity index (χ3n) is 3.98. The fraction of sp³-hybridized carbons (Fsp3) is 0.500. The minimum absolute atomic E-state index is 0.238. The predicted octanol–water partition coefficient (Wildman–Crippen LogP) is 1.82. The molecule has 2 aromatic rings. The molecule has 22 heavy (non-hydrogen) atoms. The van der Waals surface area contributed by atoms with Crippen molar-refractivity contribution in [1.82, 2.24) is 9.88 Å². The van der Waals surface area contributed by atoms with E-state index in [9.17, 15) is 9.59 Å². The molecule has 0 bridgehead atoms. The van der Waals surface area contributed by atoms with Crippen LogP contribution in [0.4, 0.5) is 5.69 Å². The number of piperazine rings is 1. The van der Waals surface area contributed by atoms with E-state index in [2.05, 4.69) is 23.7 Å². The van der Waals surface area contributed by atoms with E-state index in [0.717, 1.165) is 31.9 Å². The lowest BCUT2D eigenvalue weighted by Crippen LogP contribution is -2.49. The molecule has 1 N–H and O–H groups in total. The van der Waals surface area contributed by atoms with Crippen LogP contribution in [0.5, 0.6) is 0 Å². The first-order valence-electron chi connectivity index (χ1n) is 7.68. The molecule has 0 unspecified atom stereocenters. The van der Waals surface area contributed by atoms with Crippen LogP contribution >= 0.6 is 0 Å². The average molecular weight is 303 g/mol. The number of fused-ring (bicyclic) bond motifs is 1. The molecular weight excluding hydrogens is 282 g/mol. The smallest absolute Gasteiger partial charge is 0.408 e. The van der Waals surface area contributed by atoms with Gasteiger partial charge in [0.25, 0.3) is 0 Å². The van der Waals surface area contributed by atoms with Crippen LogP contribution in [0.1, 0.15) is 20.3 Å². The van der Waals surface area contributed by atoms with Crippen molar-refractivity contribution in [2.24, 2.45) is 5.92 Å². The van der Waals surface area contributed by atoms with Crippen molar-refractivity contribution in [3.05, 3.63) is 28.7 Å². The van der Waals surface area contributed by atoms with Gasteiger partial charge in [-0.3, -0.25) is 9.78 Å². The number of carbonyl (C=O) groups excluding carboxylic acids is 1. The van der Waals surface area contributed by atoms with Crippen molar-refractivity contribution >= 4 is 22.7 Å². The first-order chi connectivity index (χ1) is 10.5. The van der Waals surface area contributed by atoms with Gasteiger partial charge < -0.3 is 14.2 Å². The van der Waals surface area contributed by atoms with Crippen molar-refractivity contribution in [2.75, 3.05) is 31.1 Å². The molecule has 0 aliphatic carbocycles. The first-order valence-corrected chi connectivity index (χ1v) is 7.68. The highest BCUT2D eigenvalue weighted by Crippen LogP contribution is 2.21. The molecule has 1 aliphatic heterocycles. The molecule has 118 valence electrons. The number of oxazole rings is 1. The van der Waals surface area contributed by atoms with E-state index in [1.54, 1.807) is 0 Å². The standard InChI is InChI=1S/C16H21N3O3/c1-11(2)9-15(20)19-7-5-18(6-8-19)12-3-4-13-14(10-12)22-16(21)17-13/h3-4,10-11H,5-9H2,1-2H3,(H,17,21). The molecule has 0 saturated carbocycles. The number of H-pyrrole nitrogens is 1. The lowest BCUT2D eigenvalue weighted by Gasteiger charge is -2.36. The molecule has 0 radical (unpaired) electrons. The molecule has 1 aromatic heterocycles. The Morgan fingerprint density at radius 3 is 2.68 bits per heavy atom. The Balaban J connectivity index is 1.67. The van der Waals surface area contributed by atoms with Gasteiger partial charge in [-0.1, -0.05) is 13.8 Å². The summed E-state index contributed by atoms with van der Waals surface area (Å²) in [6, 6.07) is 5.70. The van der Waals surface area contributed by atoms with Gasteiger partial charge in [0.1, 0.15) is 0 Å². The second-order valence-electron chi connectivity index (χ2n) is 6.16. The number of amides is 1. The van der Waals surface area contributed by atoms with E-state index in [-0.39, 0.29) is 5.91 Å². The Morgan fingerprint density at radius 1 is 1.27 bits per heavy atom. The summed E-state index contributed by atoms with van der Waals surface area (Å²) in [5.74, 6) is 0.197. The highest BCUT2D eigenvalue weighted by molar-refractivity contribution is 5.78. The van der Waals surface area contributed by atoms with Crippen LogP contribution in [0.2, 0.25) is 0 Å². The third-order valence-corrected chi connectivity index (χ3v) is 3.98. The van der Waals surface area contributed by atoms with E-state index in [0.29, 0.717) is 23.4 Å². The zero-order valence-corrected chi connectivity index (χ0v) is 13.0. The second kappa shape index (κ2) is 5.87. The number of carbonyl (C=O) groups is 1. The van der Waals surface area contributed by atoms with Crippen LogP contribution in [0, 0.1) is 5.92 Å². The maximum atomic E-state index is 12.1. The van der Waals surface area contributed by atoms with Gasteiger partial charge in [0.05, 0.1) is 5.52 Å². The highest BCUT2D eigenvalue weighted by atomic mass is 16.4. The van der Waals surface area contributed by atoms with Gasteiger partial charge in [0, 0.05) is 44.4 Å². The van der Waals surface area contributed by atoms with Crippen LogP contribution in [0.25, 0.3) is 11.1 Å². The molecule has 1 saturated heterocycles. The molecule has 0 spiro atoms. The van der Waals surface area contributed by atoms with Crippen molar-refractivity contribution in [3.63, 3.8) is 0 Å². The number of nitrogens with one attached hydrogen (secondary N) is 1. The summed E-state index contributed by atoms with van der Waals surface area (Å²) in [5, 5.41) is 0. The number of rotatable bonds is 3. The molecule has 1 aromatic carbocycles. The predicted molar refractivity (Wildman–Crippen MR) is 85.1 cm³/mol. The summed E-state index contributed by atoms with van der Waals surface area (Å²) in [5.41, 5.74) is 2.30. The van der Waals surface area contributed by atoms with E-state index < -0.39 is 5.76 Å². The Kier molecular flexibility index (Phi) is 3.92. The zero-order chi connectivity index (χ0) is 15.7. The Bertz CT molecular complexity index is 724. The van der Waals surface area contributed by atoms with Gasteiger partial charge in [-0.05, 0) is 18.1 Å². The molecule has 1 aliphatic rings. The largest absolute Gasteiger partial charge is 0.417 e. The Labute approximate surface area is 128 Å². The van der Waals surface area contributed by atoms with E-state index in [1.165, 1.54) is 0 Å². The number of nitrogens with zero attached hydrogens (tertiary/aromatic N) is 2. The number of aromatic amines is 1. The fourth-order valence-electron chi connectivity index (χ4n) is 2.82. The van der Waals surface area contributed by atoms with Gasteiger partial charge in [0.15, 0.2) is 5.58 Å². The van der Waals surface area contributed by atoms with Crippen molar-refractivity contribution in [3.8, 4) is 0 Å². The van der Waals surface area contributed by atoms with Crippen molar-refractivity contribution < 1.29 is 9.21 Å². The summed E-state index contributed by atoms with van der Waals surface area (Å²) in [4.78, 5) is 30.1. The maximum absolute atomic E-state index is 12.1. The van der Waals surface area contributed by atoms with Gasteiger partial charge in [-0.25, -0.2) is 4.79 Å². The van der Waals surface area contributed by atoms with Gasteiger partial charge in [-0.2, -0.15) is 0 Å². The van der Waals surface area contributed by atoms with Crippen molar-refractivity contribution in [1.29, 1.82) is 0 Å². The van der Waals surface area contributed by atoms with Crippen LogP contribution in [-0.2, 0) is 4.79 Å². The van der Waals surface area contributed by atoms with Crippen molar-refractivity contribution in [2.45, 2.75) is 20.3 Å². The summed E-state index contributed by atoms with van der Waals surface area (Å²) >= 11 is 0. The Hall–Kier alpha value is -2.24. The highest BCUT2D eigenvalue weighted by Gasteiger charge is 2.22. The molecule has 1 amide bonds. The number of benzene rings is 1. The summed E-state index contributed by atoms with van der Waals surface area (Å²) in [6.45, 7) is 7.19. The Morgan fingerprint density at radius 2 is 2.00 bits per heavy atom. The van der Waals surface area contributed by atoms with Gasteiger partial charge in [-0.15, -0.1) is 0 Å². The molecule has 6 heteroatoms. The first kappa shape index (κ1) is 14.7. The normalized spacial score (nSPS) is 15.8. The molecule has 2 heterocycles. The number of hydrogen-bond acceptors (Lipinski definition) is 4. The SMILES string of the molecule is CC(C)CC(=O)N1CCN(c2ccc3[nH]c(=O)oc3c2)CC1. The fourth-order valence-corrected chi connectivity index (χ4v) is 2.82. The van der Waals surface area contributed by atoms with Crippen LogP contribution in [0.3, 0.4) is 0 Å². The monoisotopic (exact) mass is 303 g/mol. The van der Waals surface area contributed by atoms with Crippen LogP contribution in [0.15, 0.2) is 27.4 Å². The number of aromatic nitrogens is 1. The lowest BCUT2D eigenvalue weighted by atomic mass is 10.1. The topological polar surface area (TPSA) is 69.6 Å². The summed E-state index contributed by atoms with van der Waals surface area (Å²) in [6.07, 6.45) is 0.612. The number of hydrogen-bond donors (Lipinski definition) is 1. The average Bonchev–Trinajstić information content (AvgIpc) is 2.85. The maximum Gasteiger partial charge on any atom is 0.417 e. The van der Waals surface area contributed by atoms with E-state index >= 15 is 0 Å². The quantitative estimate of drug-likeness (QED) is 0.939. The summed E-state index contributed by atoms with van der Waals surface area (Å²) in [7, 11) is 0. The lowest BCUT2D eigenvalue weighted by molar-refractivity contribution is -0.132. The van der Waals surface area contributed by atoms with Gasteiger partial charge in [0.2, 0.25) is 5.91 Å². The second-order valence-corrected chi connectivity index (χ2v) is 6.16. The molecule has 3 rings (SSSR count). The molecule has 6 nitrogen and oxygen atoms in total. The molecule has 0 atom stereocenters. The summed E-state index contributed by atoms with van der Waals surface area (Å²) < 4.78 is 5.10. The van der Waals surface area contributed by atoms with E-state index in [4.69, 9.17) is 4.42 Å². The number of anilines is 1. The molecule has 1 fully saturated rings. The zero-order valence-electron chi connectivity index (χ0n) is 13.0. The minimum atomic E-state index is -0.434.